The normalized spacial score (nSPS) is 10.2. The zero-order valence-electron chi connectivity index (χ0n) is 8.61. The first-order chi connectivity index (χ1) is 5.74. The molecule has 0 saturated heterocycles. The van der Waals surface area contributed by atoms with E-state index in [1.807, 2.05) is 0 Å². The third-order valence-corrected chi connectivity index (χ3v) is 2.07. The quantitative estimate of drug-likeness (QED) is 0.277. The summed E-state index contributed by atoms with van der Waals surface area (Å²) in [5.41, 5.74) is 0.311. The van der Waals surface area contributed by atoms with Crippen molar-refractivity contribution in [1.29, 1.82) is 0 Å². The van der Waals surface area contributed by atoms with Gasteiger partial charge in [-0.1, -0.05) is 6.58 Å². The molecule has 0 fully saturated rings. The van der Waals surface area contributed by atoms with E-state index in [4.69, 9.17) is 0 Å². The Bertz CT molecular complexity index is 312. The van der Waals surface area contributed by atoms with E-state index < -0.39 is 15.9 Å². The number of amides is 1. The fraction of sp³-hybridized carbons (Fsp3) is 0.571. The maximum absolute atomic E-state index is 11.1. The Morgan fingerprint density at radius 3 is 2.21 bits per heavy atom. The van der Waals surface area contributed by atoms with Gasteiger partial charge in [-0.3, -0.25) is 4.79 Å². The van der Waals surface area contributed by atoms with Crippen molar-refractivity contribution in [2.45, 2.75) is 6.92 Å². The molecule has 7 heteroatoms. The molecule has 0 aromatic carbocycles. The Labute approximate surface area is 96.1 Å². The largest absolute Gasteiger partial charge is 1.00 e. The topological polar surface area (TPSA) is 77.5 Å². The van der Waals surface area contributed by atoms with Crippen LogP contribution in [0, 0.1) is 0 Å². The molecule has 0 rings (SSSR count). The van der Waals surface area contributed by atoms with E-state index in [0.29, 0.717) is 5.57 Å². The molecule has 0 atom stereocenters. The smallest absolute Gasteiger partial charge is 0.748 e. The molecule has 0 bridgehead atoms. The van der Waals surface area contributed by atoms with Gasteiger partial charge in [0, 0.05) is 19.2 Å². The Kier molecular flexibility index (Phi) is 7.21. The molecular formula is C7H12LiNO4S. The number of carbonyl (C=O) groups is 1. The first-order valence-corrected chi connectivity index (χ1v) is 5.16. The van der Waals surface area contributed by atoms with Crippen molar-refractivity contribution < 1.29 is 36.6 Å². The van der Waals surface area contributed by atoms with Crippen LogP contribution >= 0.6 is 0 Å². The van der Waals surface area contributed by atoms with Gasteiger partial charge in [0.25, 0.3) is 0 Å². The van der Waals surface area contributed by atoms with Crippen LogP contribution < -0.4 is 18.9 Å². The van der Waals surface area contributed by atoms with Crippen molar-refractivity contribution in [3.63, 3.8) is 0 Å². The monoisotopic (exact) mass is 213 g/mol. The van der Waals surface area contributed by atoms with E-state index in [-0.39, 0.29) is 31.3 Å². The second-order valence-electron chi connectivity index (χ2n) is 2.77. The third-order valence-electron chi connectivity index (χ3n) is 1.39. The zero-order valence-corrected chi connectivity index (χ0v) is 9.43. The zero-order chi connectivity index (χ0) is 10.6. The summed E-state index contributed by atoms with van der Waals surface area (Å²) >= 11 is 0. The number of hydrogen-bond donors (Lipinski definition) is 0. The summed E-state index contributed by atoms with van der Waals surface area (Å²) < 4.78 is 30.6. The second-order valence-corrected chi connectivity index (χ2v) is 4.29. The maximum atomic E-state index is 11.1. The maximum Gasteiger partial charge on any atom is 1.00 e. The minimum absolute atomic E-state index is 0. The van der Waals surface area contributed by atoms with Gasteiger partial charge in [0.2, 0.25) is 5.91 Å². The van der Waals surface area contributed by atoms with E-state index >= 15 is 0 Å². The van der Waals surface area contributed by atoms with Gasteiger partial charge in [-0.15, -0.1) is 0 Å². The summed E-state index contributed by atoms with van der Waals surface area (Å²) in [5.74, 6) is -0.925. The molecule has 0 heterocycles. The Hall–Kier alpha value is -0.283. The molecule has 5 nitrogen and oxygen atoms in total. The predicted octanol–water partition coefficient (Wildman–Crippen LogP) is -3.43. The van der Waals surface area contributed by atoms with Crippen LogP contribution in [0.1, 0.15) is 6.92 Å². The fourth-order valence-corrected chi connectivity index (χ4v) is 1.17. The van der Waals surface area contributed by atoms with Crippen LogP contribution in [-0.2, 0) is 14.9 Å². The van der Waals surface area contributed by atoms with Gasteiger partial charge in [-0.05, 0) is 6.92 Å². The summed E-state index contributed by atoms with van der Waals surface area (Å²) in [5, 5.41) is 0. The molecule has 0 aliphatic heterocycles. The van der Waals surface area contributed by atoms with E-state index in [1.54, 1.807) is 0 Å². The molecule has 1 amide bonds. The van der Waals surface area contributed by atoms with Gasteiger partial charge < -0.3 is 9.45 Å². The van der Waals surface area contributed by atoms with Crippen molar-refractivity contribution in [1.82, 2.24) is 4.90 Å². The fourth-order valence-electron chi connectivity index (χ4n) is 0.676. The van der Waals surface area contributed by atoms with E-state index in [0.717, 1.165) is 4.90 Å². The number of rotatable bonds is 4. The Morgan fingerprint density at radius 1 is 1.50 bits per heavy atom. The van der Waals surface area contributed by atoms with E-state index in [2.05, 4.69) is 6.58 Å². The number of nitrogens with zero attached hydrogens (tertiary/aromatic N) is 1. The Balaban J connectivity index is 0. The van der Waals surface area contributed by atoms with Crippen molar-refractivity contribution in [2.75, 3.05) is 19.3 Å². The first-order valence-electron chi connectivity index (χ1n) is 3.58. The predicted molar refractivity (Wildman–Crippen MR) is 47.0 cm³/mol. The standard InChI is InChI=1S/C7H13NO4S.Li/c1-6(2)7(9)8(3)4-5-13(10,11)12;/h1,4-5H2,2-3H3,(H,10,11,12);/q;+1/p-1. The van der Waals surface area contributed by atoms with Crippen LogP contribution in [-0.4, -0.2) is 43.1 Å². The van der Waals surface area contributed by atoms with Crippen molar-refractivity contribution in [3.8, 4) is 0 Å². The minimum atomic E-state index is -4.25. The molecule has 0 unspecified atom stereocenters. The molecule has 0 aliphatic rings. The molecule has 0 spiro atoms. The van der Waals surface area contributed by atoms with Gasteiger partial charge in [-0.25, -0.2) is 8.42 Å². The molecule has 0 saturated carbocycles. The summed E-state index contributed by atoms with van der Waals surface area (Å²) in [6, 6.07) is 0. The van der Waals surface area contributed by atoms with Gasteiger partial charge in [-0.2, -0.15) is 0 Å². The molecular weight excluding hydrogens is 201 g/mol. The van der Waals surface area contributed by atoms with Crippen LogP contribution in [0.3, 0.4) is 0 Å². The van der Waals surface area contributed by atoms with E-state index in [9.17, 15) is 17.8 Å². The van der Waals surface area contributed by atoms with Gasteiger partial charge >= 0.3 is 18.9 Å². The summed E-state index contributed by atoms with van der Waals surface area (Å²) in [7, 11) is -2.83. The van der Waals surface area contributed by atoms with Crippen LogP contribution in [0.25, 0.3) is 0 Å². The van der Waals surface area contributed by atoms with Gasteiger partial charge in [0.05, 0.1) is 15.9 Å². The first kappa shape index (κ1) is 16.2. The molecule has 0 aliphatic carbocycles. The van der Waals surface area contributed by atoms with Gasteiger partial charge in [0.1, 0.15) is 0 Å². The average Bonchev–Trinajstić information content (AvgIpc) is 1.97. The van der Waals surface area contributed by atoms with Crippen molar-refractivity contribution in [3.05, 3.63) is 12.2 Å². The molecule has 0 N–H and O–H groups in total. The summed E-state index contributed by atoms with van der Waals surface area (Å²) in [4.78, 5) is 12.2. The Morgan fingerprint density at radius 2 is 1.93 bits per heavy atom. The summed E-state index contributed by atoms with van der Waals surface area (Å²) in [6.07, 6.45) is 0. The summed E-state index contributed by atoms with van der Waals surface area (Å²) in [6.45, 7) is 4.82. The number of likely N-dealkylation sites (N-methyl/N-ethyl adjacent to an activating group) is 1. The SMILES string of the molecule is C=C(C)C(=O)N(C)CCS(=O)(=O)[O-].[Li+]. The number of carbonyl (C=O) groups excluding carboxylic acids is 1. The second kappa shape index (κ2) is 6.25. The minimum Gasteiger partial charge on any atom is -0.748 e. The van der Waals surface area contributed by atoms with Crippen LogP contribution in [0.4, 0.5) is 0 Å². The van der Waals surface area contributed by atoms with Crippen LogP contribution in [0.5, 0.6) is 0 Å². The molecule has 0 aromatic heterocycles. The average molecular weight is 213 g/mol. The molecule has 0 radical (unpaired) electrons. The van der Waals surface area contributed by atoms with Gasteiger partial charge in [0.15, 0.2) is 0 Å². The molecule has 14 heavy (non-hydrogen) atoms. The van der Waals surface area contributed by atoms with Crippen molar-refractivity contribution in [2.24, 2.45) is 0 Å². The van der Waals surface area contributed by atoms with E-state index in [1.165, 1.54) is 14.0 Å². The molecule has 76 valence electrons. The number of hydrogen-bond acceptors (Lipinski definition) is 4. The molecule has 0 aromatic rings. The van der Waals surface area contributed by atoms with Crippen molar-refractivity contribution >= 4 is 16.0 Å². The van der Waals surface area contributed by atoms with Crippen LogP contribution in [0.15, 0.2) is 12.2 Å². The third kappa shape index (κ3) is 7.15. The van der Waals surface area contributed by atoms with Crippen LogP contribution in [0.2, 0.25) is 0 Å².